The molecule has 4 nitrogen and oxygen atoms in total. The lowest BCUT2D eigenvalue weighted by atomic mass is 9.79. The number of ketones is 1. The molecule has 2 N–H and O–H groups in total. The number of hydrogen-bond donors (Lipinski definition) is 1. The van der Waals surface area contributed by atoms with E-state index in [0.717, 1.165) is 32.2 Å². The zero-order valence-corrected chi connectivity index (χ0v) is 10.5. The van der Waals surface area contributed by atoms with Crippen LogP contribution in [0.15, 0.2) is 12.3 Å². The lowest BCUT2D eigenvalue weighted by molar-refractivity contribution is 0.0924. The summed E-state index contributed by atoms with van der Waals surface area (Å²) in [6, 6.07) is 1.79. The van der Waals surface area contributed by atoms with Gasteiger partial charge in [0.1, 0.15) is 5.69 Å². The van der Waals surface area contributed by atoms with Gasteiger partial charge in [-0.15, -0.1) is 0 Å². The van der Waals surface area contributed by atoms with Crippen molar-refractivity contribution in [3.8, 4) is 0 Å². The van der Waals surface area contributed by atoms with Gasteiger partial charge in [-0.25, -0.2) is 0 Å². The molecule has 1 heterocycles. The van der Waals surface area contributed by atoms with Gasteiger partial charge in [0.05, 0.1) is 0 Å². The second-order valence-electron chi connectivity index (χ2n) is 5.06. The molecule has 0 amide bonds. The van der Waals surface area contributed by atoms with E-state index in [2.05, 4.69) is 5.10 Å². The topological polar surface area (TPSA) is 60.9 Å². The standard InChI is InChI=1S/C13H21N3O/c1-2-16-11(6-9-15-16)12(17)10-13(14)7-4-3-5-8-13/h6,9H,2-5,7-8,10,14H2,1H3. The van der Waals surface area contributed by atoms with Crippen molar-refractivity contribution in [1.82, 2.24) is 9.78 Å². The fraction of sp³-hybridized carbons (Fsp3) is 0.692. The zero-order chi connectivity index (χ0) is 12.3. The third-order valence-electron chi connectivity index (χ3n) is 3.66. The number of aryl methyl sites for hydroxylation is 1. The van der Waals surface area contributed by atoms with Gasteiger partial charge in [-0.3, -0.25) is 9.48 Å². The molecule has 0 aromatic carbocycles. The van der Waals surface area contributed by atoms with Crippen LogP contribution in [0, 0.1) is 0 Å². The van der Waals surface area contributed by atoms with Crippen LogP contribution >= 0.6 is 0 Å². The van der Waals surface area contributed by atoms with E-state index in [-0.39, 0.29) is 11.3 Å². The van der Waals surface area contributed by atoms with Crippen molar-refractivity contribution in [2.45, 2.75) is 57.5 Å². The minimum Gasteiger partial charge on any atom is -0.325 e. The molecule has 0 radical (unpaired) electrons. The Morgan fingerprint density at radius 2 is 2.18 bits per heavy atom. The Balaban J connectivity index is 2.06. The molecule has 2 rings (SSSR count). The largest absolute Gasteiger partial charge is 0.325 e. The number of carbonyl (C=O) groups is 1. The number of rotatable bonds is 4. The molecule has 4 heteroatoms. The van der Waals surface area contributed by atoms with Gasteiger partial charge in [0.25, 0.3) is 0 Å². The maximum Gasteiger partial charge on any atom is 0.182 e. The van der Waals surface area contributed by atoms with Crippen LogP contribution in [0.4, 0.5) is 0 Å². The van der Waals surface area contributed by atoms with Gasteiger partial charge in [-0.1, -0.05) is 19.3 Å². The fourth-order valence-electron chi connectivity index (χ4n) is 2.66. The first-order chi connectivity index (χ1) is 8.14. The molecule has 0 unspecified atom stereocenters. The Morgan fingerprint density at radius 1 is 1.47 bits per heavy atom. The van der Waals surface area contributed by atoms with E-state index >= 15 is 0 Å². The highest BCUT2D eigenvalue weighted by molar-refractivity contribution is 5.95. The summed E-state index contributed by atoms with van der Waals surface area (Å²) in [5, 5.41) is 4.13. The van der Waals surface area contributed by atoms with E-state index in [1.807, 2.05) is 6.92 Å². The quantitative estimate of drug-likeness (QED) is 0.813. The summed E-state index contributed by atoms with van der Waals surface area (Å²) in [7, 11) is 0. The van der Waals surface area contributed by atoms with Gasteiger partial charge >= 0.3 is 0 Å². The van der Waals surface area contributed by atoms with Gasteiger partial charge in [0.15, 0.2) is 5.78 Å². The lowest BCUT2D eigenvalue weighted by Crippen LogP contribution is -2.43. The number of nitrogens with zero attached hydrogens (tertiary/aromatic N) is 2. The van der Waals surface area contributed by atoms with Crippen molar-refractivity contribution in [3.05, 3.63) is 18.0 Å². The van der Waals surface area contributed by atoms with Crippen molar-refractivity contribution >= 4 is 5.78 Å². The Bertz CT molecular complexity index is 391. The highest BCUT2D eigenvalue weighted by atomic mass is 16.1. The van der Waals surface area contributed by atoms with Crippen LogP contribution in [0.3, 0.4) is 0 Å². The van der Waals surface area contributed by atoms with E-state index in [9.17, 15) is 4.79 Å². The molecule has 1 aromatic heterocycles. The highest BCUT2D eigenvalue weighted by Gasteiger charge is 2.31. The average molecular weight is 235 g/mol. The summed E-state index contributed by atoms with van der Waals surface area (Å²) in [5.74, 6) is 0.133. The molecule has 1 saturated carbocycles. The van der Waals surface area contributed by atoms with E-state index in [1.165, 1.54) is 6.42 Å². The van der Waals surface area contributed by atoms with Crippen LogP contribution in [-0.4, -0.2) is 21.1 Å². The summed E-state index contributed by atoms with van der Waals surface area (Å²) >= 11 is 0. The molecule has 1 aliphatic carbocycles. The molecular formula is C13H21N3O. The highest BCUT2D eigenvalue weighted by Crippen LogP contribution is 2.29. The van der Waals surface area contributed by atoms with E-state index in [4.69, 9.17) is 5.73 Å². The Hall–Kier alpha value is -1.16. The SMILES string of the molecule is CCn1nccc1C(=O)CC1(N)CCCCC1. The summed E-state index contributed by atoms with van der Waals surface area (Å²) in [6.07, 6.45) is 7.63. The van der Waals surface area contributed by atoms with Gasteiger partial charge < -0.3 is 5.73 Å². The first-order valence-electron chi connectivity index (χ1n) is 6.48. The van der Waals surface area contributed by atoms with E-state index in [1.54, 1.807) is 16.9 Å². The minimum absolute atomic E-state index is 0.133. The van der Waals surface area contributed by atoms with Crippen LogP contribution in [0.2, 0.25) is 0 Å². The minimum atomic E-state index is -0.280. The maximum atomic E-state index is 12.2. The van der Waals surface area contributed by atoms with Crippen LogP contribution < -0.4 is 5.73 Å². The van der Waals surface area contributed by atoms with Crippen molar-refractivity contribution in [2.24, 2.45) is 5.73 Å². The summed E-state index contributed by atoms with van der Waals surface area (Å²) in [5.41, 5.74) is 6.72. The molecule has 0 aliphatic heterocycles. The van der Waals surface area contributed by atoms with Crippen LogP contribution in [0.1, 0.15) is 55.9 Å². The smallest absolute Gasteiger partial charge is 0.182 e. The maximum absolute atomic E-state index is 12.2. The predicted octanol–water partition coefficient (Wildman–Crippen LogP) is 2.14. The summed E-state index contributed by atoms with van der Waals surface area (Å²) in [6.45, 7) is 2.72. The van der Waals surface area contributed by atoms with Crippen molar-refractivity contribution < 1.29 is 4.79 Å². The molecule has 0 atom stereocenters. The number of hydrogen-bond acceptors (Lipinski definition) is 3. The first-order valence-corrected chi connectivity index (χ1v) is 6.48. The van der Waals surface area contributed by atoms with Crippen molar-refractivity contribution in [1.29, 1.82) is 0 Å². The first kappa shape index (κ1) is 12.3. The molecule has 94 valence electrons. The molecule has 0 spiro atoms. The van der Waals surface area contributed by atoms with Crippen LogP contribution in [0.25, 0.3) is 0 Å². The van der Waals surface area contributed by atoms with Crippen LogP contribution in [-0.2, 0) is 6.54 Å². The second kappa shape index (κ2) is 5.00. The predicted molar refractivity (Wildman–Crippen MR) is 66.9 cm³/mol. The average Bonchev–Trinajstić information content (AvgIpc) is 2.77. The summed E-state index contributed by atoms with van der Waals surface area (Å²) in [4.78, 5) is 12.2. The van der Waals surface area contributed by atoms with Gasteiger partial charge in [-0.2, -0.15) is 5.10 Å². The Kier molecular flexibility index (Phi) is 3.62. The lowest BCUT2D eigenvalue weighted by Gasteiger charge is -2.32. The zero-order valence-electron chi connectivity index (χ0n) is 10.5. The van der Waals surface area contributed by atoms with Crippen molar-refractivity contribution in [3.63, 3.8) is 0 Å². The van der Waals surface area contributed by atoms with E-state index < -0.39 is 0 Å². The third kappa shape index (κ3) is 2.75. The molecule has 1 fully saturated rings. The Labute approximate surface area is 102 Å². The second-order valence-corrected chi connectivity index (χ2v) is 5.06. The molecular weight excluding hydrogens is 214 g/mol. The van der Waals surface area contributed by atoms with Crippen LogP contribution in [0.5, 0.6) is 0 Å². The molecule has 17 heavy (non-hydrogen) atoms. The van der Waals surface area contributed by atoms with Gasteiger partial charge in [0, 0.05) is 24.7 Å². The molecule has 1 aromatic rings. The number of nitrogens with two attached hydrogens (primary N) is 1. The van der Waals surface area contributed by atoms with Gasteiger partial charge in [0.2, 0.25) is 0 Å². The molecule has 0 bridgehead atoms. The molecule has 1 aliphatic rings. The van der Waals surface area contributed by atoms with Gasteiger partial charge in [-0.05, 0) is 25.8 Å². The monoisotopic (exact) mass is 235 g/mol. The van der Waals surface area contributed by atoms with Crippen molar-refractivity contribution in [2.75, 3.05) is 0 Å². The number of carbonyl (C=O) groups excluding carboxylic acids is 1. The Morgan fingerprint density at radius 3 is 2.82 bits per heavy atom. The number of aromatic nitrogens is 2. The summed E-state index contributed by atoms with van der Waals surface area (Å²) < 4.78 is 1.74. The normalized spacial score (nSPS) is 19.2. The third-order valence-corrected chi connectivity index (χ3v) is 3.66. The fourth-order valence-corrected chi connectivity index (χ4v) is 2.66. The van der Waals surface area contributed by atoms with E-state index in [0.29, 0.717) is 12.1 Å². The molecule has 0 saturated heterocycles. The number of Topliss-reactive ketones (excluding diaryl/α,β-unsaturated/α-hetero) is 1.